The SMILES string of the molecule is CCCCCCCCCCCOc1cccc(C(=O)N[C@@H]2C(O[C@H]3C(O)C(NC(C)=O)C(O[C@@H]4C(CO)O[C@@H](O[C@H]5C(O)C(NC(C)=O)C(OC6C(CO[C@@H]7OC(C)C(O)[C@H](O)[C@H]7OC)OC(O)[C@@H](NC(C)=O)[C@H]6O)O[C@H]5CO)[C@@H](NC(C)=O)C4O)O[C@H]3CO)OC(CO)[C@@H](O)[C@@H]2O)c1. The fourth-order valence-corrected chi connectivity index (χ4v) is 13.0. The number of carbonyl (C=O) groups excluding carboxylic acids is 5. The van der Waals surface area contributed by atoms with Crippen LogP contribution in [0.3, 0.4) is 0 Å². The molecule has 6 saturated heterocycles. The molecule has 6 aliphatic rings. The summed E-state index contributed by atoms with van der Waals surface area (Å²) in [6, 6.07) is -2.38. The number of unbranched alkanes of at least 4 members (excludes halogenated alkanes) is 8. The van der Waals surface area contributed by atoms with Gasteiger partial charge in [0.2, 0.25) is 23.6 Å². The largest absolute Gasteiger partial charge is 0.494 e. The molecule has 18 N–H and O–H groups in total. The highest BCUT2D eigenvalue weighted by Crippen LogP contribution is 2.37. The number of rotatable bonds is 33. The summed E-state index contributed by atoms with van der Waals surface area (Å²) >= 11 is 0. The summed E-state index contributed by atoms with van der Waals surface area (Å²) in [4.78, 5) is 65.1. The van der Waals surface area contributed by atoms with Gasteiger partial charge >= 0.3 is 0 Å². The Morgan fingerprint density at radius 2 is 0.838 bits per heavy atom. The number of methoxy groups -OCH3 is 1. The maximum Gasteiger partial charge on any atom is 0.251 e. The van der Waals surface area contributed by atoms with Crippen LogP contribution in [-0.2, 0) is 76.0 Å². The van der Waals surface area contributed by atoms with Gasteiger partial charge < -0.3 is 155 Å². The summed E-state index contributed by atoms with van der Waals surface area (Å²) in [6.45, 7) is 3.61. The zero-order valence-corrected chi connectivity index (χ0v) is 56.4. The van der Waals surface area contributed by atoms with Crippen molar-refractivity contribution in [2.45, 2.75) is 283 Å². The average molecular weight is 1430 g/mol. The molecule has 1 aromatic rings. The van der Waals surface area contributed by atoms with Crippen LogP contribution in [0.1, 0.15) is 110 Å². The number of aliphatic hydroxyl groups is 13. The van der Waals surface area contributed by atoms with E-state index in [-0.39, 0.29) is 5.56 Å². The van der Waals surface area contributed by atoms with E-state index in [1.54, 1.807) is 12.1 Å². The van der Waals surface area contributed by atoms with Crippen molar-refractivity contribution >= 4 is 29.5 Å². The van der Waals surface area contributed by atoms with E-state index in [1.807, 2.05) is 0 Å². The molecule has 6 heterocycles. The fraction of sp³-hybridized carbons (Fsp3) is 0.825. The molecule has 0 saturated carbocycles. The van der Waals surface area contributed by atoms with Crippen LogP contribution >= 0.6 is 0 Å². The van der Waals surface area contributed by atoms with Gasteiger partial charge in [0.05, 0.1) is 45.7 Å². The minimum atomic E-state index is -2.06. The van der Waals surface area contributed by atoms with Crippen LogP contribution in [0.5, 0.6) is 5.75 Å². The molecule has 1 aromatic carbocycles. The van der Waals surface area contributed by atoms with Gasteiger partial charge in [0.15, 0.2) is 37.7 Å². The highest BCUT2D eigenvalue weighted by atomic mass is 16.8. The normalized spacial score (nSPS) is 39.5. The molecule has 7 rings (SSSR count). The highest BCUT2D eigenvalue weighted by Gasteiger charge is 2.58. The van der Waals surface area contributed by atoms with Crippen molar-refractivity contribution in [1.82, 2.24) is 26.6 Å². The quantitative estimate of drug-likeness (QED) is 0.0291. The van der Waals surface area contributed by atoms with E-state index in [2.05, 4.69) is 33.5 Å². The van der Waals surface area contributed by atoms with E-state index in [4.69, 9.17) is 61.6 Å². The van der Waals surface area contributed by atoms with Crippen molar-refractivity contribution in [2.24, 2.45) is 0 Å². The van der Waals surface area contributed by atoms with Crippen LogP contribution in [0.25, 0.3) is 0 Å². The summed E-state index contributed by atoms with van der Waals surface area (Å²) < 4.78 is 78.0. The van der Waals surface area contributed by atoms with Gasteiger partial charge in [0.25, 0.3) is 5.91 Å². The van der Waals surface area contributed by atoms with E-state index < -0.39 is 246 Å². The van der Waals surface area contributed by atoms with Crippen LogP contribution < -0.4 is 31.3 Å². The van der Waals surface area contributed by atoms with E-state index in [0.29, 0.717) is 12.4 Å². The van der Waals surface area contributed by atoms with Gasteiger partial charge in [-0.2, -0.15) is 0 Å². The third-order valence-corrected chi connectivity index (χ3v) is 18.2. The third kappa shape index (κ3) is 21.1. The summed E-state index contributed by atoms with van der Waals surface area (Å²) in [5.41, 5.74) is 0.0622. The van der Waals surface area contributed by atoms with Crippen molar-refractivity contribution in [1.29, 1.82) is 0 Å². The van der Waals surface area contributed by atoms with E-state index in [1.165, 1.54) is 58.3 Å². The molecule has 36 nitrogen and oxygen atoms in total. The van der Waals surface area contributed by atoms with E-state index in [9.17, 15) is 90.4 Å². The highest BCUT2D eigenvalue weighted by molar-refractivity contribution is 5.94. The molecule has 30 atom stereocenters. The molecule has 0 radical (unpaired) electrons. The van der Waals surface area contributed by atoms with Gasteiger partial charge in [-0.3, -0.25) is 24.0 Å². The number of ether oxygens (including phenoxy) is 13. The van der Waals surface area contributed by atoms with Crippen molar-refractivity contribution in [2.75, 3.05) is 46.8 Å². The fourth-order valence-electron chi connectivity index (χ4n) is 13.0. The van der Waals surface area contributed by atoms with Crippen LogP contribution in [0.15, 0.2) is 24.3 Å². The van der Waals surface area contributed by atoms with Crippen LogP contribution in [0.2, 0.25) is 0 Å². The minimum absolute atomic E-state index is 0.0622. The summed E-state index contributed by atoms with van der Waals surface area (Å²) in [7, 11) is 1.21. The Morgan fingerprint density at radius 1 is 0.434 bits per heavy atom. The standard InChI is InChI=1S/C63H103N5O31/c1-8-9-10-11-12-13-14-15-16-20-88-33-19-17-18-32(21-33)57(85)68-40-46(79)45(78)34(22-69)92-59(40)96-52-35(23-70)93-60(41(48(52)81)65-29(4)74)97-53-36(24-71)94-61(42(49(53)82)66-30(5)75)98-54-37(25-72)95-62(43(50(54)83)67-31(6)76)99-55-38(91-58(86)39(47(55)80)64-28(3)73)26-89-63-56(87-7)51(84)44(77)27(2)90-63/h17-19,21,27,34-56,58-63,69-72,77-84,86H,8-16,20,22-26H2,1-7H3,(H,64,73)(H,65,74)(H,66,75)(H,67,76)(H,68,85)/t27?,34?,35-,36?,37-,38?,39-,40-,41?,42-,43?,44?,45+,46+,47+,48?,49?,50?,51-,52+,53+,54+,55?,56+,58?,59?,60?,61-,62?,63+/m0/s1. The lowest BCUT2D eigenvalue weighted by Crippen LogP contribution is -2.72. The Hall–Kier alpha value is -4.63. The molecule has 6 fully saturated rings. The topological polar surface area (TPSA) is 528 Å². The first-order chi connectivity index (χ1) is 47.2. The Balaban J connectivity index is 1.07. The molecule has 0 spiro atoms. The molecule has 0 bridgehead atoms. The Kier molecular flexibility index (Phi) is 32.0. The van der Waals surface area contributed by atoms with Gasteiger partial charge in [-0.1, -0.05) is 64.4 Å². The van der Waals surface area contributed by atoms with E-state index in [0.717, 1.165) is 53.4 Å². The van der Waals surface area contributed by atoms with Crippen molar-refractivity contribution in [3.05, 3.63) is 29.8 Å². The molecule has 6 aliphatic heterocycles. The maximum absolute atomic E-state index is 14.0. The number of amides is 5. The second-order valence-electron chi connectivity index (χ2n) is 25.6. The van der Waals surface area contributed by atoms with E-state index >= 15 is 0 Å². The predicted molar refractivity (Wildman–Crippen MR) is 333 cm³/mol. The minimum Gasteiger partial charge on any atom is -0.494 e. The van der Waals surface area contributed by atoms with Gasteiger partial charge in [-0.25, -0.2) is 0 Å². The molecule has 99 heavy (non-hydrogen) atoms. The number of carbonyl (C=O) groups is 5. The smallest absolute Gasteiger partial charge is 0.251 e. The molecule has 0 aliphatic carbocycles. The average Bonchev–Trinajstić information content (AvgIpc) is 0.771. The molecular formula is C63H103N5O31. The zero-order chi connectivity index (χ0) is 72.5. The summed E-state index contributed by atoms with van der Waals surface area (Å²) in [6.07, 6.45) is -33.4. The number of nitrogens with one attached hydrogen (secondary N) is 5. The lowest BCUT2D eigenvalue weighted by atomic mass is 9.93. The molecule has 0 aromatic heterocycles. The lowest BCUT2D eigenvalue weighted by molar-refractivity contribution is -0.368. The number of hydrogen-bond acceptors (Lipinski definition) is 31. The van der Waals surface area contributed by atoms with Gasteiger partial charge in [0, 0.05) is 40.4 Å². The van der Waals surface area contributed by atoms with Crippen molar-refractivity contribution in [3.63, 3.8) is 0 Å². The molecule has 566 valence electrons. The Morgan fingerprint density at radius 3 is 1.27 bits per heavy atom. The Bertz CT molecular complexity index is 2680. The maximum atomic E-state index is 14.0. The van der Waals surface area contributed by atoms with Crippen molar-refractivity contribution in [3.8, 4) is 5.75 Å². The van der Waals surface area contributed by atoms with Gasteiger partial charge in [-0.15, -0.1) is 0 Å². The number of hydrogen-bond donors (Lipinski definition) is 18. The molecule has 36 heteroatoms. The summed E-state index contributed by atoms with van der Waals surface area (Å²) in [5.74, 6) is -3.63. The first-order valence-corrected chi connectivity index (χ1v) is 33.6. The lowest BCUT2D eigenvalue weighted by Gasteiger charge is -2.51. The second kappa shape index (κ2) is 38.8. The van der Waals surface area contributed by atoms with Crippen molar-refractivity contribution < 1.29 is 152 Å². The zero-order valence-electron chi connectivity index (χ0n) is 56.4. The number of aliphatic hydroxyl groups excluding tert-OH is 13. The third-order valence-electron chi connectivity index (χ3n) is 18.2. The first-order valence-electron chi connectivity index (χ1n) is 33.6. The first kappa shape index (κ1) is 81.7. The molecule has 15 unspecified atom stereocenters. The van der Waals surface area contributed by atoms with Crippen LogP contribution in [0.4, 0.5) is 0 Å². The van der Waals surface area contributed by atoms with Crippen LogP contribution in [-0.4, -0.2) is 327 Å². The monoisotopic (exact) mass is 1430 g/mol. The predicted octanol–water partition coefficient (Wildman–Crippen LogP) is -6.50. The Labute approximate surface area is 572 Å². The van der Waals surface area contributed by atoms with Crippen LogP contribution in [0, 0.1) is 0 Å². The second-order valence-corrected chi connectivity index (χ2v) is 25.6. The van der Waals surface area contributed by atoms with Gasteiger partial charge in [0.1, 0.15) is 146 Å². The molecular weight excluding hydrogens is 1320 g/mol. The van der Waals surface area contributed by atoms with Gasteiger partial charge in [-0.05, 0) is 31.5 Å². The number of benzene rings is 1. The summed E-state index contributed by atoms with van der Waals surface area (Å²) in [5, 5.41) is 159. The molecule has 5 amide bonds.